The summed E-state index contributed by atoms with van der Waals surface area (Å²) in [6.07, 6.45) is -0.811. The fraction of sp³-hybridized carbons (Fsp3) is 0.889. The van der Waals surface area contributed by atoms with E-state index >= 15 is 0 Å². The van der Waals surface area contributed by atoms with E-state index in [0.29, 0.717) is 6.42 Å². The second-order valence-electron chi connectivity index (χ2n) is 3.23. The Kier molecular flexibility index (Phi) is 8.52. The number of aliphatic hydroxyl groups excluding tert-OH is 2. The molecule has 0 fully saturated rings. The summed E-state index contributed by atoms with van der Waals surface area (Å²) in [5, 5.41) is 17.6. The van der Waals surface area contributed by atoms with Gasteiger partial charge in [-0.05, 0) is 6.42 Å². The lowest BCUT2D eigenvalue weighted by Gasteiger charge is -2.22. The standard InChI is InChI=1S/C9H20O7Si/c1-13-17(14-2,15-3)16-6-4-5-8(11)9(12)7-10/h9-10,12H,4-7H2,1-3H3. The Morgan fingerprint density at radius 3 is 2.18 bits per heavy atom. The largest absolute Gasteiger partial charge is 0.678 e. The van der Waals surface area contributed by atoms with Crippen LogP contribution in [0.3, 0.4) is 0 Å². The Labute approximate surface area is 102 Å². The zero-order valence-electron chi connectivity index (χ0n) is 10.3. The highest BCUT2D eigenvalue weighted by Crippen LogP contribution is 2.09. The van der Waals surface area contributed by atoms with E-state index in [0.717, 1.165) is 0 Å². The van der Waals surface area contributed by atoms with Crippen molar-refractivity contribution in [3.63, 3.8) is 0 Å². The van der Waals surface area contributed by atoms with Crippen molar-refractivity contribution < 1.29 is 32.7 Å². The summed E-state index contributed by atoms with van der Waals surface area (Å²) < 4.78 is 20.3. The highest BCUT2D eigenvalue weighted by Gasteiger charge is 2.41. The van der Waals surface area contributed by atoms with Crippen molar-refractivity contribution >= 4 is 14.8 Å². The lowest BCUT2D eigenvalue weighted by molar-refractivity contribution is -0.129. The van der Waals surface area contributed by atoms with Crippen LogP contribution >= 0.6 is 0 Å². The van der Waals surface area contributed by atoms with E-state index in [2.05, 4.69) is 0 Å². The Morgan fingerprint density at radius 1 is 1.24 bits per heavy atom. The Morgan fingerprint density at radius 2 is 1.76 bits per heavy atom. The molecular formula is C9H20O7Si. The summed E-state index contributed by atoms with van der Waals surface area (Å²) in [4.78, 5) is 11.2. The molecule has 0 bridgehead atoms. The number of ketones is 1. The van der Waals surface area contributed by atoms with Gasteiger partial charge in [-0.25, -0.2) is 0 Å². The van der Waals surface area contributed by atoms with Gasteiger partial charge in [-0.3, -0.25) is 4.79 Å². The van der Waals surface area contributed by atoms with Crippen LogP contribution in [0.2, 0.25) is 0 Å². The molecule has 0 aliphatic heterocycles. The van der Waals surface area contributed by atoms with E-state index in [1.807, 2.05) is 0 Å². The minimum Gasteiger partial charge on any atom is -0.393 e. The first-order chi connectivity index (χ1) is 8.05. The third-order valence-corrected chi connectivity index (χ3v) is 4.20. The van der Waals surface area contributed by atoms with Gasteiger partial charge in [0.15, 0.2) is 5.78 Å². The minimum absolute atomic E-state index is 0.114. The molecule has 0 heterocycles. The molecular weight excluding hydrogens is 248 g/mol. The van der Waals surface area contributed by atoms with Gasteiger partial charge < -0.3 is 27.9 Å². The van der Waals surface area contributed by atoms with Gasteiger partial charge in [-0.15, -0.1) is 0 Å². The van der Waals surface area contributed by atoms with Crippen molar-refractivity contribution in [2.24, 2.45) is 0 Å². The predicted molar refractivity (Wildman–Crippen MR) is 60.1 cm³/mol. The van der Waals surface area contributed by atoms with Crippen LogP contribution in [0.5, 0.6) is 0 Å². The molecule has 0 radical (unpaired) electrons. The Bertz CT molecular complexity index is 211. The Hall–Kier alpha value is -0.353. The molecule has 0 aliphatic rings. The van der Waals surface area contributed by atoms with E-state index in [4.69, 9.17) is 27.9 Å². The van der Waals surface area contributed by atoms with E-state index in [1.54, 1.807) is 0 Å². The number of rotatable bonds is 10. The number of aliphatic hydroxyl groups is 2. The van der Waals surface area contributed by atoms with E-state index < -0.39 is 27.5 Å². The average Bonchev–Trinajstić information content (AvgIpc) is 2.38. The highest BCUT2D eigenvalue weighted by molar-refractivity contribution is 6.53. The molecule has 102 valence electrons. The van der Waals surface area contributed by atoms with Crippen LogP contribution in [0.15, 0.2) is 0 Å². The topological polar surface area (TPSA) is 94.5 Å². The fourth-order valence-electron chi connectivity index (χ4n) is 1.14. The predicted octanol–water partition coefficient (Wildman–Crippen LogP) is -0.920. The maximum atomic E-state index is 11.2. The van der Waals surface area contributed by atoms with Crippen LogP contribution in [0.25, 0.3) is 0 Å². The summed E-state index contributed by atoms with van der Waals surface area (Å²) in [5.74, 6) is -0.421. The van der Waals surface area contributed by atoms with E-state index in [-0.39, 0.29) is 13.0 Å². The quantitative estimate of drug-likeness (QED) is 0.391. The van der Waals surface area contributed by atoms with Crippen LogP contribution in [0.4, 0.5) is 0 Å². The monoisotopic (exact) mass is 268 g/mol. The molecule has 0 saturated carbocycles. The molecule has 17 heavy (non-hydrogen) atoms. The van der Waals surface area contributed by atoms with Crippen LogP contribution in [0, 0.1) is 0 Å². The second kappa shape index (κ2) is 8.70. The first-order valence-corrected chi connectivity index (χ1v) is 6.79. The third-order valence-electron chi connectivity index (χ3n) is 2.14. The summed E-state index contributed by atoms with van der Waals surface area (Å²) >= 11 is 0. The van der Waals surface area contributed by atoms with Crippen molar-refractivity contribution in [1.82, 2.24) is 0 Å². The van der Waals surface area contributed by atoms with Crippen LogP contribution in [0.1, 0.15) is 12.8 Å². The molecule has 0 aromatic rings. The fourth-order valence-corrected chi connectivity index (χ4v) is 2.39. The smallest absolute Gasteiger partial charge is 0.393 e. The maximum absolute atomic E-state index is 11.2. The third kappa shape index (κ3) is 5.68. The number of Topliss-reactive ketones (excluding diaryl/α,β-unsaturated/α-hetero) is 1. The van der Waals surface area contributed by atoms with Crippen molar-refractivity contribution in [1.29, 1.82) is 0 Å². The molecule has 8 heteroatoms. The van der Waals surface area contributed by atoms with Gasteiger partial charge in [0.2, 0.25) is 0 Å². The van der Waals surface area contributed by atoms with Crippen molar-refractivity contribution in [2.75, 3.05) is 34.5 Å². The number of carbonyl (C=O) groups excluding carboxylic acids is 1. The molecule has 7 nitrogen and oxygen atoms in total. The van der Waals surface area contributed by atoms with Crippen LogP contribution < -0.4 is 0 Å². The molecule has 0 spiro atoms. The SMILES string of the molecule is CO[Si](OC)(OC)OCCCC(=O)C(O)CO. The molecule has 0 aromatic carbocycles. The minimum atomic E-state index is -3.05. The van der Waals surface area contributed by atoms with Crippen molar-refractivity contribution in [2.45, 2.75) is 18.9 Å². The zero-order valence-corrected chi connectivity index (χ0v) is 11.3. The highest BCUT2D eigenvalue weighted by atomic mass is 28.4. The Balaban J connectivity index is 3.87. The van der Waals surface area contributed by atoms with Gasteiger partial charge in [-0.1, -0.05) is 0 Å². The van der Waals surface area contributed by atoms with Crippen LogP contribution in [-0.4, -0.2) is 65.7 Å². The molecule has 0 amide bonds. The zero-order chi connectivity index (χ0) is 13.3. The summed E-state index contributed by atoms with van der Waals surface area (Å²) in [6, 6.07) is 0. The summed E-state index contributed by atoms with van der Waals surface area (Å²) in [5.41, 5.74) is 0. The number of carbonyl (C=O) groups is 1. The maximum Gasteiger partial charge on any atom is 0.678 e. The molecule has 0 aromatic heterocycles. The number of hydrogen-bond acceptors (Lipinski definition) is 7. The molecule has 1 atom stereocenters. The number of hydrogen-bond donors (Lipinski definition) is 2. The van der Waals surface area contributed by atoms with Crippen LogP contribution in [-0.2, 0) is 22.5 Å². The normalized spacial score (nSPS) is 13.7. The van der Waals surface area contributed by atoms with Gasteiger partial charge in [0.25, 0.3) is 0 Å². The lowest BCUT2D eigenvalue weighted by Crippen LogP contribution is -2.46. The first-order valence-electron chi connectivity index (χ1n) is 5.16. The molecule has 0 aliphatic carbocycles. The van der Waals surface area contributed by atoms with Gasteiger partial charge in [0.05, 0.1) is 6.61 Å². The summed E-state index contributed by atoms with van der Waals surface area (Å²) in [6.45, 7) is -0.349. The molecule has 0 saturated heterocycles. The van der Waals surface area contributed by atoms with E-state index in [1.165, 1.54) is 21.3 Å². The van der Waals surface area contributed by atoms with E-state index in [9.17, 15) is 4.79 Å². The van der Waals surface area contributed by atoms with Gasteiger partial charge >= 0.3 is 9.05 Å². The molecule has 0 rings (SSSR count). The van der Waals surface area contributed by atoms with Crippen molar-refractivity contribution in [3.8, 4) is 0 Å². The first kappa shape index (κ1) is 16.6. The van der Waals surface area contributed by atoms with Gasteiger partial charge in [0, 0.05) is 34.4 Å². The van der Waals surface area contributed by atoms with Gasteiger partial charge in [-0.2, -0.15) is 0 Å². The average molecular weight is 268 g/mol. The molecule has 2 N–H and O–H groups in total. The van der Waals surface area contributed by atoms with Crippen molar-refractivity contribution in [3.05, 3.63) is 0 Å². The second-order valence-corrected chi connectivity index (χ2v) is 5.74. The van der Waals surface area contributed by atoms with Gasteiger partial charge in [0.1, 0.15) is 6.10 Å². The lowest BCUT2D eigenvalue weighted by atomic mass is 10.1. The summed E-state index contributed by atoms with van der Waals surface area (Å²) in [7, 11) is 1.20. The molecule has 1 unspecified atom stereocenters.